The molecule has 8 heteroatoms. The number of amides is 1. The van der Waals surface area contributed by atoms with Crippen LogP contribution < -0.4 is 0 Å². The molecule has 6 nitrogen and oxygen atoms in total. The first kappa shape index (κ1) is 20.7. The molecular weight excluding hydrogens is 378 g/mol. The Bertz CT molecular complexity index is 737. The number of likely N-dealkylation sites (tertiary alicyclic amines) is 1. The van der Waals surface area contributed by atoms with Crippen molar-refractivity contribution in [3.63, 3.8) is 0 Å². The number of halogens is 1. The quantitative estimate of drug-likeness (QED) is 0.684. The van der Waals surface area contributed by atoms with Crippen LogP contribution in [0.3, 0.4) is 0 Å². The highest BCUT2D eigenvalue weighted by Gasteiger charge is 2.29. The van der Waals surface area contributed by atoms with Crippen molar-refractivity contribution in [2.24, 2.45) is 0 Å². The van der Waals surface area contributed by atoms with E-state index in [4.69, 9.17) is 16.3 Å². The second-order valence-corrected chi connectivity index (χ2v) is 9.16. The van der Waals surface area contributed by atoms with Crippen LogP contribution in [0.25, 0.3) is 0 Å². The number of sulfone groups is 1. The summed E-state index contributed by atoms with van der Waals surface area (Å²) >= 11 is 5.74. The van der Waals surface area contributed by atoms with Gasteiger partial charge in [-0.2, -0.15) is 0 Å². The number of rotatable bonds is 6. The van der Waals surface area contributed by atoms with Crippen molar-refractivity contribution in [2.75, 3.05) is 12.4 Å². The van der Waals surface area contributed by atoms with Crippen LogP contribution in [0, 0.1) is 0 Å². The first-order valence-corrected chi connectivity index (χ1v) is 10.7. The number of ether oxygens (including phenoxy) is 1. The van der Waals surface area contributed by atoms with Crippen molar-refractivity contribution >= 4 is 33.3 Å². The molecule has 1 aliphatic heterocycles. The van der Waals surface area contributed by atoms with E-state index in [1.807, 2.05) is 13.8 Å². The monoisotopic (exact) mass is 401 g/mol. The van der Waals surface area contributed by atoms with Crippen molar-refractivity contribution in [2.45, 2.75) is 56.5 Å². The molecule has 0 bridgehead atoms. The summed E-state index contributed by atoms with van der Waals surface area (Å²) < 4.78 is 29.4. The molecule has 2 atom stereocenters. The highest BCUT2D eigenvalue weighted by Crippen LogP contribution is 2.22. The lowest BCUT2D eigenvalue weighted by atomic mass is 9.97. The normalized spacial score (nSPS) is 20.7. The largest absolute Gasteiger partial charge is 0.456 e. The summed E-state index contributed by atoms with van der Waals surface area (Å²) in [5.74, 6) is -1.31. The van der Waals surface area contributed by atoms with Crippen molar-refractivity contribution in [3.8, 4) is 0 Å². The van der Waals surface area contributed by atoms with Gasteiger partial charge in [0.1, 0.15) is 0 Å². The maximum Gasteiger partial charge on any atom is 0.307 e. The molecule has 1 aromatic rings. The van der Waals surface area contributed by atoms with E-state index in [1.165, 1.54) is 24.3 Å². The summed E-state index contributed by atoms with van der Waals surface area (Å²) in [4.78, 5) is 26.0. The molecule has 1 heterocycles. The zero-order valence-corrected chi connectivity index (χ0v) is 16.6. The van der Waals surface area contributed by atoms with Gasteiger partial charge in [0.05, 0.1) is 17.1 Å². The van der Waals surface area contributed by atoms with Gasteiger partial charge in [-0.25, -0.2) is 8.42 Å². The van der Waals surface area contributed by atoms with Crippen molar-refractivity contribution in [1.29, 1.82) is 0 Å². The van der Waals surface area contributed by atoms with E-state index >= 15 is 0 Å². The van der Waals surface area contributed by atoms with Crippen LogP contribution in [-0.4, -0.2) is 49.6 Å². The molecule has 1 saturated heterocycles. The van der Waals surface area contributed by atoms with Crippen molar-refractivity contribution in [3.05, 3.63) is 29.3 Å². The van der Waals surface area contributed by atoms with Gasteiger partial charge in [0.25, 0.3) is 5.91 Å². The number of carbonyl (C=O) groups is 2. The molecule has 0 radical (unpaired) electrons. The summed E-state index contributed by atoms with van der Waals surface area (Å²) in [6, 6.07) is 5.99. The maximum absolute atomic E-state index is 12.3. The summed E-state index contributed by atoms with van der Waals surface area (Å²) in [7, 11) is -3.60. The Morgan fingerprint density at radius 1 is 1.15 bits per heavy atom. The third kappa shape index (κ3) is 5.45. The lowest BCUT2D eigenvalue weighted by Gasteiger charge is -2.38. The highest BCUT2D eigenvalue weighted by molar-refractivity contribution is 7.91. The molecule has 1 fully saturated rings. The molecular formula is C18H24ClNO5S. The Labute approximate surface area is 159 Å². The zero-order chi connectivity index (χ0) is 19.3. The van der Waals surface area contributed by atoms with Crippen LogP contribution in [0.2, 0.25) is 5.02 Å². The minimum atomic E-state index is -3.60. The molecule has 26 heavy (non-hydrogen) atoms. The van der Waals surface area contributed by atoms with Gasteiger partial charge in [0.15, 0.2) is 16.4 Å². The molecule has 0 N–H and O–H groups in total. The molecule has 0 aliphatic carbocycles. The molecule has 144 valence electrons. The Morgan fingerprint density at radius 3 is 2.31 bits per heavy atom. The fourth-order valence-electron chi connectivity index (χ4n) is 3.18. The standard InChI is InChI=1S/C18H24ClNO5S/c1-13-4-3-5-14(2)20(13)17(21)12-25-18(22)10-11-26(23,24)16-8-6-15(19)7-9-16/h6-9,13-14H,3-5,10-12H2,1-2H3/t13-,14-/m1/s1. The van der Waals surface area contributed by atoms with Gasteiger partial charge in [-0.05, 0) is 57.4 Å². The van der Waals surface area contributed by atoms with Crippen LogP contribution in [0.4, 0.5) is 0 Å². The number of nitrogens with zero attached hydrogens (tertiary/aromatic N) is 1. The number of carbonyl (C=O) groups excluding carboxylic acids is 2. The average Bonchev–Trinajstić information content (AvgIpc) is 2.58. The van der Waals surface area contributed by atoms with Crippen LogP contribution >= 0.6 is 11.6 Å². The molecule has 2 rings (SSSR count). The highest BCUT2D eigenvalue weighted by atomic mass is 35.5. The predicted molar refractivity (Wildman–Crippen MR) is 98.7 cm³/mol. The van der Waals surface area contributed by atoms with Crippen LogP contribution in [0.15, 0.2) is 29.2 Å². The van der Waals surface area contributed by atoms with Crippen LogP contribution in [-0.2, 0) is 24.2 Å². The second kappa shape index (κ2) is 8.86. The number of hydrogen-bond donors (Lipinski definition) is 0. The van der Waals surface area contributed by atoms with Gasteiger partial charge in [-0.3, -0.25) is 9.59 Å². The Hall–Kier alpha value is -1.60. The van der Waals surface area contributed by atoms with Gasteiger partial charge >= 0.3 is 5.97 Å². The van der Waals surface area contributed by atoms with Gasteiger partial charge in [0.2, 0.25) is 0 Å². The summed E-state index contributed by atoms with van der Waals surface area (Å²) in [6.45, 7) is 3.61. The van der Waals surface area contributed by atoms with Crippen LogP contribution in [0.5, 0.6) is 0 Å². The summed E-state index contributed by atoms with van der Waals surface area (Å²) in [5.41, 5.74) is 0. The van der Waals surface area contributed by atoms with E-state index in [1.54, 1.807) is 4.90 Å². The van der Waals surface area contributed by atoms with Crippen LogP contribution in [0.1, 0.15) is 39.5 Å². The average molecular weight is 402 g/mol. The Morgan fingerprint density at radius 2 is 1.73 bits per heavy atom. The van der Waals surface area contributed by atoms with Gasteiger partial charge in [0, 0.05) is 17.1 Å². The Kier molecular flexibility index (Phi) is 7.06. The molecule has 1 aliphatic rings. The van der Waals surface area contributed by atoms with E-state index in [9.17, 15) is 18.0 Å². The fraction of sp³-hybridized carbons (Fsp3) is 0.556. The van der Waals surface area contributed by atoms with E-state index in [2.05, 4.69) is 0 Å². The molecule has 1 aromatic carbocycles. The molecule has 0 unspecified atom stereocenters. The zero-order valence-electron chi connectivity index (χ0n) is 15.0. The fourth-order valence-corrected chi connectivity index (χ4v) is 4.53. The summed E-state index contributed by atoms with van der Waals surface area (Å²) in [6.07, 6.45) is 2.64. The van der Waals surface area contributed by atoms with Crippen molar-refractivity contribution < 1.29 is 22.7 Å². The third-order valence-corrected chi connectivity index (χ3v) is 6.57. The second-order valence-electron chi connectivity index (χ2n) is 6.61. The lowest BCUT2D eigenvalue weighted by molar-refractivity contribution is -0.154. The molecule has 0 saturated carbocycles. The molecule has 1 amide bonds. The number of benzene rings is 1. The van der Waals surface area contributed by atoms with E-state index < -0.39 is 15.8 Å². The first-order chi connectivity index (χ1) is 12.2. The number of piperidine rings is 1. The van der Waals surface area contributed by atoms with Crippen molar-refractivity contribution in [1.82, 2.24) is 4.90 Å². The Balaban J connectivity index is 1.83. The SMILES string of the molecule is C[C@@H]1CCC[C@@H](C)N1C(=O)COC(=O)CCS(=O)(=O)c1ccc(Cl)cc1. The molecule has 0 spiro atoms. The third-order valence-electron chi connectivity index (χ3n) is 4.59. The molecule has 0 aromatic heterocycles. The number of hydrogen-bond acceptors (Lipinski definition) is 5. The predicted octanol–water partition coefficient (Wildman–Crippen LogP) is 2.84. The van der Waals surface area contributed by atoms with E-state index in [0.717, 1.165) is 19.3 Å². The maximum atomic E-state index is 12.3. The van der Waals surface area contributed by atoms with E-state index in [0.29, 0.717) is 5.02 Å². The van der Waals surface area contributed by atoms with Gasteiger partial charge in [-0.1, -0.05) is 11.6 Å². The first-order valence-electron chi connectivity index (χ1n) is 8.66. The lowest BCUT2D eigenvalue weighted by Crippen LogP contribution is -2.49. The smallest absolute Gasteiger partial charge is 0.307 e. The van der Waals surface area contributed by atoms with E-state index in [-0.39, 0.29) is 41.7 Å². The minimum Gasteiger partial charge on any atom is -0.456 e. The topological polar surface area (TPSA) is 80.8 Å². The minimum absolute atomic E-state index is 0.0988. The number of esters is 1. The van der Waals surface area contributed by atoms with Gasteiger partial charge in [-0.15, -0.1) is 0 Å². The summed E-state index contributed by atoms with van der Waals surface area (Å²) in [5, 5.41) is 0.433. The van der Waals surface area contributed by atoms with Gasteiger partial charge < -0.3 is 9.64 Å².